The molecule has 0 bridgehead atoms. The van der Waals surface area contributed by atoms with Crippen LogP contribution in [0.25, 0.3) is 5.57 Å². The average Bonchev–Trinajstić information content (AvgIpc) is 2.39. The second-order valence-corrected chi connectivity index (χ2v) is 4.29. The van der Waals surface area contributed by atoms with E-state index in [0.29, 0.717) is 0 Å². The molecule has 0 heterocycles. The van der Waals surface area contributed by atoms with E-state index < -0.39 is 0 Å². The van der Waals surface area contributed by atoms with Crippen LogP contribution in [-0.4, -0.2) is 11.7 Å². The summed E-state index contributed by atoms with van der Waals surface area (Å²) in [6.07, 6.45) is 2.88. The molecule has 0 atom stereocenters. The van der Waals surface area contributed by atoms with Gasteiger partial charge in [0.25, 0.3) is 0 Å². The lowest BCUT2D eigenvalue weighted by Gasteiger charge is -2.22. The first kappa shape index (κ1) is 10.3. The van der Waals surface area contributed by atoms with E-state index in [1.54, 1.807) is 0 Å². The fourth-order valence-electron chi connectivity index (χ4n) is 2.54. The summed E-state index contributed by atoms with van der Waals surface area (Å²) < 4.78 is 0. The fraction of sp³-hybridized carbons (Fsp3) is 0.125. The number of benzene rings is 2. The van der Waals surface area contributed by atoms with E-state index in [2.05, 4.69) is 48.5 Å². The first-order valence-electron chi connectivity index (χ1n) is 5.87. The van der Waals surface area contributed by atoms with Gasteiger partial charge in [0.05, 0.1) is 6.61 Å². The minimum absolute atomic E-state index is 0.0814. The predicted octanol–water partition coefficient (Wildman–Crippen LogP) is 3.01. The van der Waals surface area contributed by atoms with E-state index in [-0.39, 0.29) is 6.61 Å². The van der Waals surface area contributed by atoms with Crippen molar-refractivity contribution >= 4 is 5.57 Å². The predicted molar refractivity (Wildman–Crippen MR) is 69.9 cm³/mol. The molecule has 2 aromatic carbocycles. The highest BCUT2D eigenvalue weighted by atomic mass is 16.2. The van der Waals surface area contributed by atoms with Crippen LogP contribution in [-0.2, 0) is 6.42 Å². The topological polar surface area (TPSA) is 20.2 Å². The van der Waals surface area contributed by atoms with Gasteiger partial charge in [-0.2, -0.15) is 0 Å². The van der Waals surface area contributed by atoms with Crippen LogP contribution >= 0.6 is 0 Å². The highest BCUT2D eigenvalue weighted by Crippen LogP contribution is 2.35. The first-order valence-corrected chi connectivity index (χ1v) is 5.87. The van der Waals surface area contributed by atoms with E-state index in [1.165, 1.54) is 22.3 Å². The summed E-state index contributed by atoms with van der Waals surface area (Å²) in [6, 6.07) is 16.8. The number of aliphatic hydroxyl groups excluding tert-OH is 1. The molecule has 84 valence electrons. The molecule has 1 aliphatic carbocycles. The average molecular weight is 222 g/mol. The Morgan fingerprint density at radius 1 is 0.882 bits per heavy atom. The zero-order chi connectivity index (χ0) is 11.7. The van der Waals surface area contributed by atoms with Crippen molar-refractivity contribution in [2.24, 2.45) is 0 Å². The first-order chi connectivity index (χ1) is 8.40. The summed E-state index contributed by atoms with van der Waals surface area (Å²) >= 11 is 0. The van der Waals surface area contributed by atoms with Gasteiger partial charge in [0, 0.05) is 0 Å². The summed E-state index contributed by atoms with van der Waals surface area (Å²) in [4.78, 5) is 0. The van der Waals surface area contributed by atoms with Gasteiger partial charge < -0.3 is 5.11 Å². The number of rotatable bonds is 1. The Bertz CT molecular complexity index is 534. The van der Waals surface area contributed by atoms with Gasteiger partial charge in [-0.05, 0) is 34.2 Å². The van der Waals surface area contributed by atoms with Crippen LogP contribution < -0.4 is 0 Å². The van der Waals surface area contributed by atoms with Crippen LogP contribution in [0.1, 0.15) is 22.3 Å². The third kappa shape index (κ3) is 1.69. The Labute approximate surface area is 101 Å². The van der Waals surface area contributed by atoms with Crippen molar-refractivity contribution < 1.29 is 5.11 Å². The van der Waals surface area contributed by atoms with Crippen LogP contribution in [0, 0.1) is 0 Å². The summed E-state index contributed by atoms with van der Waals surface area (Å²) in [7, 11) is 0. The van der Waals surface area contributed by atoms with Gasteiger partial charge >= 0.3 is 0 Å². The maximum Gasteiger partial charge on any atom is 0.0621 e. The number of fused-ring (bicyclic) bond motifs is 2. The zero-order valence-electron chi connectivity index (χ0n) is 9.56. The number of hydrogen-bond donors (Lipinski definition) is 1. The molecule has 2 aromatic rings. The zero-order valence-corrected chi connectivity index (χ0v) is 9.56. The van der Waals surface area contributed by atoms with Gasteiger partial charge in [0.15, 0.2) is 0 Å². The van der Waals surface area contributed by atoms with Gasteiger partial charge in [0.1, 0.15) is 0 Å². The molecule has 0 fully saturated rings. The minimum atomic E-state index is 0.0814. The van der Waals surface area contributed by atoms with E-state index in [9.17, 15) is 5.11 Å². The molecule has 0 aliphatic heterocycles. The lowest BCUT2D eigenvalue weighted by molar-refractivity contribution is 0.343. The van der Waals surface area contributed by atoms with Crippen LogP contribution in [0.4, 0.5) is 0 Å². The third-order valence-electron chi connectivity index (χ3n) is 3.29. The van der Waals surface area contributed by atoms with Crippen molar-refractivity contribution in [3.63, 3.8) is 0 Å². The molecular formula is C16H14O. The van der Waals surface area contributed by atoms with Crippen LogP contribution in [0.5, 0.6) is 0 Å². The molecule has 0 radical (unpaired) electrons. The SMILES string of the molecule is OCC=C1c2ccccc2Cc2ccccc21. The van der Waals surface area contributed by atoms with E-state index in [0.717, 1.165) is 12.0 Å². The Morgan fingerprint density at radius 3 is 1.94 bits per heavy atom. The molecule has 17 heavy (non-hydrogen) atoms. The summed E-state index contributed by atoms with van der Waals surface area (Å²) in [5.41, 5.74) is 6.34. The van der Waals surface area contributed by atoms with Gasteiger partial charge in [-0.3, -0.25) is 0 Å². The lowest BCUT2D eigenvalue weighted by atomic mass is 9.82. The normalized spacial score (nSPS) is 12.9. The third-order valence-corrected chi connectivity index (χ3v) is 3.29. The molecule has 1 nitrogen and oxygen atoms in total. The Hall–Kier alpha value is -1.86. The van der Waals surface area contributed by atoms with Crippen molar-refractivity contribution in [1.29, 1.82) is 0 Å². The Kier molecular flexibility index (Phi) is 2.54. The van der Waals surface area contributed by atoms with Crippen molar-refractivity contribution in [3.8, 4) is 0 Å². The van der Waals surface area contributed by atoms with Crippen molar-refractivity contribution in [1.82, 2.24) is 0 Å². The summed E-state index contributed by atoms with van der Waals surface area (Å²) in [6.45, 7) is 0.0814. The molecule has 0 amide bonds. The second-order valence-electron chi connectivity index (χ2n) is 4.29. The molecule has 1 heteroatoms. The highest BCUT2D eigenvalue weighted by Gasteiger charge is 2.18. The molecule has 0 saturated heterocycles. The molecule has 0 aromatic heterocycles. The summed E-state index contributed by atoms with van der Waals surface area (Å²) in [5, 5.41) is 9.19. The molecular weight excluding hydrogens is 208 g/mol. The van der Waals surface area contributed by atoms with Crippen LogP contribution in [0.3, 0.4) is 0 Å². The van der Waals surface area contributed by atoms with E-state index in [4.69, 9.17) is 0 Å². The largest absolute Gasteiger partial charge is 0.392 e. The standard InChI is InChI=1S/C16H14O/c17-10-9-16-14-7-3-1-5-12(14)11-13-6-2-4-8-15(13)16/h1-9,17H,10-11H2. The summed E-state index contributed by atoms with van der Waals surface area (Å²) in [5.74, 6) is 0. The number of hydrogen-bond acceptors (Lipinski definition) is 1. The van der Waals surface area contributed by atoms with Gasteiger partial charge in [-0.15, -0.1) is 0 Å². The van der Waals surface area contributed by atoms with E-state index in [1.807, 2.05) is 6.08 Å². The van der Waals surface area contributed by atoms with E-state index >= 15 is 0 Å². The van der Waals surface area contributed by atoms with Crippen molar-refractivity contribution in [3.05, 3.63) is 76.9 Å². The minimum Gasteiger partial charge on any atom is -0.392 e. The smallest absolute Gasteiger partial charge is 0.0621 e. The van der Waals surface area contributed by atoms with Gasteiger partial charge in [-0.1, -0.05) is 54.6 Å². The Morgan fingerprint density at radius 2 is 1.41 bits per heavy atom. The number of aliphatic hydroxyl groups is 1. The fourth-order valence-corrected chi connectivity index (χ4v) is 2.54. The quantitative estimate of drug-likeness (QED) is 0.671. The Balaban J connectivity index is 2.24. The molecule has 1 N–H and O–H groups in total. The molecule has 3 rings (SSSR count). The monoisotopic (exact) mass is 222 g/mol. The van der Waals surface area contributed by atoms with Gasteiger partial charge in [-0.25, -0.2) is 0 Å². The van der Waals surface area contributed by atoms with Crippen LogP contribution in [0.2, 0.25) is 0 Å². The second kappa shape index (κ2) is 4.19. The lowest BCUT2D eigenvalue weighted by Crippen LogP contribution is -2.06. The highest BCUT2D eigenvalue weighted by molar-refractivity contribution is 5.85. The van der Waals surface area contributed by atoms with Crippen LogP contribution in [0.15, 0.2) is 54.6 Å². The maximum absolute atomic E-state index is 9.19. The molecule has 1 aliphatic rings. The maximum atomic E-state index is 9.19. The molecule has 0 spiro atoms. The van der Waals surface area contributed by atoms with Gasteiger partial charge in [0.2, 0.25) is 0 Å². The molecule has 0 saturated carbocycles. The van der Waals surface area contributed by atoms with Crippen molar-refractivity contribution in [2.45, 2.75) is 6.42 Å². The molecule has 0 unspecified atom stereocenters. The van der Waals surface area contributed by atoms with Crippen molar-refractivity contribution in [2.75, 3.05) is 6.61 Å².